The van der Waals surface area contributed by atoms with Crippen molar-refractivity contribution in [1.82, 2.24) is 14.7 Å². The third-order valence-electron chi connectivity index (χ3n) is 5.42. The van der Waals surface area contributed by atoms with Crippen molar-refractivity contribution in [1.29, 1.82) is 0 Å². The first-order valence-electron chi connectivity index (χ1n) is 9.92. The van der Waals surface area contributed by atoms with Gasteiger partial charge in [0.1, 0.15) is 11.5 Å². The molecule has 0 saturated heterocycles. The highest BCUT2D eigenvalue weighted by Crippen LogP contribution is 2.27. The zero-order chi connectivity index (χ0) is 19.8. The van der Waals surface area contributed by atoms with Crippen LogP contribution in [-0.2, 0) is 0 Å². The monoisotopic (exact) mass is 381 g/mol. The van der Waals surface area contributed by atoms with E-state index in [9.17, 15) is 0 Å². The second-order valence-electron chi connectivity index (χ2n) is 7.47. The van der Waals surface area contributed by atoms with Crippen molar-refractivity contribution >= 4 is 17.2 Å². The van der Waals surface area contributed by atoms with Crippen molar-refractivity contribution in [3.05, 3.63) is 78.1 Å². The predicted molar refractivity (Wildman–Crippen MR) is 119 cm³/mol. The molecule has 0 spiro atoms. The highest BCUT2D eigenvalue weighted by atomic mass is 15.0. The maximum Gasteiger partial charge on any atom is 0.138 e. The number of aryl methyl sites for hydroxylation is 1. The van der Waals surface area contributed by atoms with E-state index in [1.165, 1.54) is 0 Å². The Hall–Kier alpha value is -3.60. The number of aromatic nitrogens is 2. The number of anilines is 1. The van der Waals surface area contributed by atoms with Crippen molar-refractivity contribution in [3.63, 3.8) is 0 Å². The number of nitrogens with one attached hydrogen (secondary N) is 1. The van der Waals surface area contributed by atoms with E-state index in [0.717, 1.165) is 70.2 Å². The molecule has 0 unspecified atom stereocenters. The number of imidazole rings is 1. The maximum absolute atomic E-state index is 6.06. The summed E-state index contributed by atoms with van der Waals surface area (Å²) in [5.41, 5.74) is 14.3. The van der Waals surface area contributed by atoms with Crippen LogP contribution in [0.3, 0.4) is 0 Å². The number of pyridine rings is 1. The molecule has 5 rings (SSSR count). The van der Waals surface area contributed by atoms with Gasteiger partial charge in [0.25, 0.3) is 0 Å². The molecule has 0 amide bonds. The number of aliphatic imine (C=N–C) groups is 1. The van der Waals surface area contributed by atoms with E-state index in [1.807, 2.05) is 19.2 Å². The Morgan fingerprint density at radius 3 is 2.48 bits per heavy atom. The summed E-state index contributed by atoms with van der Waals surface area (Å²) >= 11 is 0. The summed E-state index contributed by atoms with van der Waals surface area (Å²) in [7, 11) is 0. The minimum absolute atomic E-state index is 0.819. The molecule has 0 fully saturated rings. The highest BCUT2D eigenvalue weighted by molar-refractivity contribution is 5.99. The van der Waals surface area contributed by atoms with Gasteiger partial charge in [-0.1, -0.05) is 36.4 Å². The maximum atomic E-state index is 6.06. The molecule has 0 radical (unpaired) electrons. The Bertz CT molecular complexity index is 1220. The Morgan fingerprint density at radius 2 is 1.72 bits per heavy atom. The number of rotatable bonds is 3. The number of hydrogen-bond donors (Lipinski definition) is 2. The Labute approximate surface area is 169 Å². The second-order valence-corrected chi connectivity index (χ2v) is 7.47. The van der Waals surface area contributed by atoms with E-state index in [2.05, 4.69) is 69.4 Å². The van der Waals surface area contributed by atoms with Crippen molar-refractivity contribution in [2.45, 2.75) is 13.3 Å². The van der Waals surface area contributed by atoms with Gasteiger partial charge in [0, 0.05) is 42.3 Å². The van der Waals surface area contributed by atoms with E-state index in [4.69, 9.17) is 10.7 Å². The standard InChI is InChI=1S/C24H23N5/c1-16-3-4-19(13-21(16)25)17-5-7-18(8-6-17)22-15-29-12-9-20(14-23(29)28-22)24-26-10-2-11-27-24/h3-9,12-15H,2,10-11,25H2,1H3,(H,26,27). The number of fused-ring (bicyclic) bond motifs is 1. The van der Waals surface area contributed by atoms with Crippen LogP contribution in [0.4, 0.5) is 5.69 Å². The van der Waals surface area contributed by atoms with Crippen LogP contribution in [0.15, 0.2) is 72.0 Å². The fraction of sp³-hybridized carbons (Fsp3) is 0.167. The Kier molecular flexibility index (Phi) is 4.28. The lowest BCUT2D eigenvalue weighted by Crippen LogP contribution is -2.30. The quantitative estimate of drug-likeness (QED) is 0.520. The van der Waals surface area contributed by atoms with Gasteiger partial charge < -0.3 is 15.5 Å². The minimum atomic E-state index is 0.819. The van der Waals surface area contributed by atoms with Gasteiger partial charge in [-0.2, -0.15) is 0 Å². The lowest BCUT2D eigenvalue weighted by molar-refractivity contribution is 0.742. The molecule has 1 aliphatic rings. The molecular formula is C24H23N5. The molecule has 0 atom stereocenters. The van der Waals surface area contributed by atoms with Gasteiger partial charge in [-0.15, -0.1) is 0 Å². The predicted octanol–water partition coefficient (Wildman–Crippen LogP) is 4.30. The van der Waals surface area contributed by atoms with E-state index in [-0.39, 0.29) is 0 Å². The minimum Gasteiger partial charge on any atom is -0.398 e. The number of hydrogen-bond acceptors (Lipinski definition) is 4. The van der Waals surface area contributed by atoms with Gasteiger partial charge in [-0.05, 0) is 48.2 Å². The number of nitrogens with two attached hydrogens (primary N) is 1. The molecule has 4 aromatic rings. The topological polar surface area (TPSA) is 67.7 Å². The molecule has 1 aliphatic heterocycles. The van der Waals surface area contributed by atoms with Crippen LogP contribution in [0.25, 0.3) is 28.0 Å². The summed E-state index contributed by atoms with van der Waals surface area (Å²) in [6.45, 7) is 3.88. The summed E-state index contributed by atoms with van der Waals surface area (Å²) in [6, 6.07) is 18.8. The van der Waals surface area contributed by atoms with Crippen molar-refractivity contribution in [2.24, 2.45) is 4.99 Å². The molecule has 3 N–H and O–H groups in total. The fourth-order valence-corrected chi connectivity index (χ4v) is 3.65. The SMILES string of the molecule is Cc1ccc(-c2ccc(-c3cn4ccc(C5=NCCCN5)cc4n3)cc2)cc1N. The van der Waals surface area contributed by atoms with Gasteiger partial charge in [0.2, 0.25) is 0 Å². The number of nitrogens with zero attached hydrogens (tertiary/aromatic N) is 3. The first-order chi connectivity index (χ1) is 14.2. The van der Waals surface area contributed by atoms with Gasteiger partial charge in [-0.3, -0.25) is 4.99 Å². The molecule has 0 aliphatic carbocycles. The van der Waals surface area contributed by atoms with Gasteiger partial charge in [0.05, 0.1) is 5.69 Å². The summed E-state index contributed by atoms with van der Waals surface area (Å²) in [5.74, 6) is 0.963. The normalized spacial score (nSPS) is 13.9. The van der Waals surface area contributed by atoms with E-state index >= 15 is 0 Å². The fourth-order valence-electron chi connectivity index (χ4n) is 3.65. The van der Waals surface area contributed by atoms with Gasteiger partial charge >= 0.3 is 0 Å². The smallest absolute Gasteiger partial charge is 0.138 e. The van der Waals surface area contributed by atoms with E-state index in [1.54, 1.807) is 0 Å². The summed E-state index contributed by atoms with van der Waals surface area (Å²) in [5, 5.41) is 3.37. The molecule has 5 heteroatoms. The van der Waals surface area contributed by atoms with Crippen molar-refractivity contribution in [2.75, 3.05) is 18.8 Å². The molecule has 5 nitrogen and oxygen atoms in total. The number of benzene rings is 2. The van der Waals surface area contributed by atoms with Crippen LogP contribution in [0.2, 0.25) is 0 Å². The number of nitrogen functional groups attached to an aromatic ring is 1. The first kappa shape index (κ1) is 17.5. The summed E-state index contributed by atoms with van der Waals surface area (Å²) in [6.07, 6.45) is 5.20. The molecule has 0 bridgehead atoms. The van der Waals surface area contributed by atoms with Crippen LogP contribution < -0.4 is 11.1 Å². The zero-order valence-corrected chi connectivity index (χ0v) is 16.4. The zero-order valence-electron chi connectivity index (χ0n) is 16.4. The summed E-state index contributed by atoms with van der Waals surface area (Å²) < 4.78 is 2.05. The lowest BCUT2D eigenvalue weighted by atomic mass is 10.0. The first-order valence-corrected chi connectivity index (χ1v) is 9.92. The average molecular weight is 381 g/mol. The largest absolute Gasteiger partial charge is 0.398 e. The second kappa shape index (κ2) is 7.09. The average Bonchev–Trinajstić information content (AvgIpc) is 3.20. The van der Waals surface area contributed by atoms with Crippen molar-refractivity contribution < 1.29 is 0 Å². The molecule has 29 heavy (non-hydrogen) atoms. The Morgan fingerprint density at radius 1 is 0.931 bits per heavy atom. The summed E-state index contributed by atoms with van der Waals surface area (Å²) in [4.78, 5) is 9.41. The number of amidine groups is 1. The van der Waals surface area contributed by atoms with Crippen LogP contribution in [-0.4, -0.2) is 28.3 Å². The van der Waals surface area contributed by atoms with Crippen LogP contribution in [0, 0.1) is 6.92 Å². The third kappa shape index (κ3) is 3.36. The van der Waals surface area contributed by atoms with Gasteiger partial charge in [0.15, 0.2) is 0 Å². The highest BCUT2D eigenvalue weighted by Gasteiger charge is 2.10. The lowest BCUT2D eigenvalue weighted by Gasteiger charge is -2.14. The molecule has 144 valence electrons. The molecular weight excluding hydrogens is 358 g/mol. The molecule has 2 aromatic carbocycles. The third-order valence-corrected chi connectivity index (χ3v) is 5.42. The molecule has 3 heterocycles. The van der Waals surface area contributed by atoms with Crippen LogP contribution in [0.1, 0.15) is 17.5 Å². The van der Waals surface area contributed by atoms with E-state index < -0.39 is 0 Å². The van der Waals surface area contributed by atoms with Crippen LogP contribution >= 0.6 is 0 Å². The van der Waals surface area contributed by atoms with E-state index in [0.29, 0.717) is 0 Å². The molecule has 2 aromatic heterocycles. The van der Waals surface area contributed by atoms with Crippen molar-refractivity contribution in [3.8, 4) is 22.4 Å². The van der Waals surface area contributed by atoms with Gasteiger partial charge in [-0.25, -0.2) is 4.98 Å². The Balaban J connectivity index is 1.45. The molecule has 0 saturated carbocycles. The van der Waals surface area contributed by atoms with Crippen LogP contribution in [0.5, 0.6) is 0 Å².